The monoisotopic (exact) mass is 296 g/mol. The molecule has 0 bridgehead atoms. The van der Waals surface area contributed by atoms with Gasteiger partial charge in [-0.1, -0.05) is 15.9 Å². The molecule has 0 saturated carbocycles. The molecule has 0 atom stereocenters. The number of nitrogens with one attached hydrogen (secondary N) is 1. The van der Waals surface area contributed by atoms with Crippen LogP contribution in [0.4, 0.5) is 5.69 Å². The van der Waals surface area contributed by atoms with Gasteiger partial charge >= 0.3 is 0 Å². The van der Waals surface area contributed by atoms with E-state index in [0.29, 0.717) is 0 Å². The van der Waals surface area contributed by atoms with Gasteiger partial charge in [-0.25, -0.2) is 0 Å². The molecule has 17 heavy (non-hydrogen) atoms. The third-order valence-electron chi connectivity index (χ3n) is 3.23. The minimum atomic E-state index is 0.171. The Bertz CT molecular complexity index is 385. The van der Waals surface area contributed by atoms with Crippen LogP contribution in [0.15, 0.2) is 28.7 Å². The zero-order chi connectivity index (χ0) is 12.3. The molecule has 1 aliphatic heterocycles. The van der Waals surface area contributed by atoms with E-state index < -0.39 is 0 Å². The van der Waals surface area contributed by atoms with Crippen molar-refractivity contribution in [2.75, 3.05) is 25.0 Å². The second kappa shape index (κ2) is 5.65. The normalized spacial score (nSPS) is 16.8. The Labute approximate surface area is 110 Å². The molecule has 1 amide bonds. The van der Waals surface area contributed by atoms with Crippen LogP contribution in [0.2, 0.25) is 0 Å². The van der Waals surface area contributed by atoms with Crippen LogP contribution in [0.25, 0.3) is 0 Å². The van der Waals surface area contributed by atoms with Crippen LogP contribution >= 0.6 is 15.9 Å². The summed E-state index contributed by atoms with van der Waals surface area (Å²) in [6.07, 6.45) is 1.89. The minimum Gasteiger partial charge on any atom is -0.317 e. The van der Waals surface area contributed by atoms with Gasteiger partial charge in [-0.2, -0.15) is 0 Å². The average molecular weight is 297 g/mol. The minimum absolute atomic E-state index is 0.171. The zero-order valence-electron chi connectivity index (χ0n) is 9.95. The molecule has 1 heterocycles. The SMILES string of the molecule is CN(C(=O)C1CCNCC1)c1ccc(Br)cc1. The molecular weight excluding hydrogens is 280 g/mol. The van der Waals surface area contributed by atoms with E-state index in [9.17, 15) is 4.79 Å². The second-order valence-corrected chi connectivity index (χ2v) is 5.31. The maximum absolute atomic E-state index is 12.3. The lowest BCUT2D eigenvalue weighted by atomic mass is 9.96. The predicted octanol–water partition coefficient (Wildman–Crippen LogP) is 2.41. The lowest BCUT2D eigenvalue weighted by molar-refractivity contribution is -0.122. The molecule has 1 aliphatic rings. The number of rotatable bonds is 2. The van der Waals surface area contributed by atoms with Gasteiger partial charge in [-0.15, -0.1) is 0 Å². The van der Waals surface area contributed by atoms with Crippen molar-refractivity contribution >= 4 is 27.5 Å². The van der Waals surface area contributed by atoms with Gasteiger partial charge in [-0.05, 0) is 50.2 Å². The lowest BCUT2D eigenvalue weighted by Crippen LogP contribution is -2.39. The number of anilines is 1. The summed E-state index contributed by atoms with van der Waals surface area (Å²) in [7, 11) is 1.85. The van der Waals surface area contributed by atoms with E-state index in [1.54, 1.807) is 4.90 Å². The van der Waals surface area contributed by atoms with Crippen LogP contribution in [0.5, 0.6) is 0 Å². The highest BCUT2D eigenvalue weighted by atomic mass is 79.9. The largest absolute Gasteiger partial charge is 0.317 e. The van der Waals surface area contributed by atoms with Crippen LogP contribution in [-0.4, -0.2) is 26.0 Å². The highest BCUT2D eigenvalue weighted by Crippen LogP contribution is 2.21. The molecule has 1 aromatic rings. The Morgan fingerprint density at radius 3 is 2.47 bits per heavy atom. The number of carbonyl (C=O) groups is 1. The van der Waals surface area contributed by atoms with E-state index >= 15 is 0 Å². The van der Waals surface area contributed by atoms with Gasteiger partial charge in [-0.3, -0.25) is 4.79 Å². The van der Waals surface area contributed by atoms with E-state index in [1.165, 1.54) is 0 Å². The molecule has 2 rings (SSSR count). The smallest absolute Gasteiger partial charge is 0.229 e. The number of benzene rings is 1. The van der Waals surface area contributed by atoms with Crippen LogP contribution in [0.3, 0.4) is 0 Å². The fraction of sp³-hybridized carbons (Fsp3) is 0.462. The number of nitrogens with zero attached hydrogens (tertiary/aromatic N) is 1. The number of amides is 1. The van der Waals surface area contributed by atoms with Gasteiger partial charge in [0.15, 0.2) is 0 Å². The summed E-state index contributed by atoms with van der Waals surface area (Å²) in [6.45, 7) is 1.90. The number of halogens is 1. The van der Waals surface area contributed by atoms with Crippen molar-refractivity contribution in [2.24, 2.45) is 5.92 Å². The maximum atomic E-state index is 12.3. The summed E-state index contributed by atoms with van der Waals surface area (Å²) in [5.74, 6) is 0.402. The molecule has 0 unspecified atom stereocenters. The summed E-state index contributed by atoms with van der Waals surface area (Å²) in [6, 6.07) is 7.84. The van der Waals surface area contributed by atoms with Gasteiger partial charge in [0.1, 0.15) is 0 Å². The quantitative estimate of drug-likeness (QED) is 0.909. The molecule has 1 N–H and O–H groups in total. The fourth-order valence-corrected chi connectivity index (χ4v) is 2.40. The summed E-state index contributed by atoms with van der Waals surface area (Å²) < 4.78 is 1.03. The molecular formula is C13H17BrN2O. The first kappa shape index (κ1) is 12.6. The van der Waals surface area contributed by atoms with Crippen molar-refractivity contribution in [3.05, 3.63) is 28.7 Å². The van der Waals surface area contributed by atoms with Crippen LogP contribution in [-0.2, 0) is 4.79 Å². The molecule has 0 aromatic heterocycles. The highest BCUT2D eigenvalue weighted by molar-refractivity contribution is 9.10. The van der Waals surface area contributed by atoms with Crippen molar-refractivity contribution in [3.63, 3.8) is 0 Å². The Morgan fingerprint density at radius 2 is 1.88 bits per heavy atom. The van der Waals surface area contributed by atoms with Crippen molar-refractivity contribution < 1.29 is 4.79 Å². The van der Waals surface area contributed by atoms with Crippen LogP contribution in [0.1, 0.15) is 12.8 Å². The molecule has 4 heteroatoms. The Balaban J connectivity index is 2.05. The van der Waals surface area contributed by atoms with Crippen LogP contribution < -0.4 is 10.2 Å². The molecule has 1 saturated heterocycles. The first-order valence-electron chi connectivity index (χ1n) is 5.92. The first-order chi connectivity index (χ1) is 8.18. The average Bonchev–Trinajstić information content (AvgIpc) is 2.39. The third-order valence-corrected chi connectivity index (χ3v) is 3.76. The fourth-order valence-electron chi connectivity index (χ4n) is 2.13. The summed E-state index contributed by atoms with van der Waals surface area (Å²) >= 11 is 3.40. The number of hydrogen-bond donors (Lipinski definition) is 1. The van der Waals surface area contributed by atoms with E-state index in [1.807, 2.05) is 31.3 Å². The van der Waals surface area contributed by atoms with Gasteiger partial charge in [0, 0.05) is 23.1 Å². The van der Waals surface area contributed by atoms with Gasteiger partial charge in [0.2, 0.25) is 5.91 Å². The summed E-state index contributed by atoms with van der Waals surface area (Å²) in [4.78, 5) is 14.0. The van der Waals surface area contributed by atoms with E-state index in [2.05, 4.69) is 21.2 Å². The zero-order valence-corrected chi connectivity index (χ0v) is 11.5. The number of hydrogen-bond acceptors (Lipinski definition) is 2. The summed E-state index contributed by atoms with van der Waals surface area (Å²) in [5.41, 5.74) is 0.955. The molecule has 0 aliphatic carbocycles. The first-order valence-corrected chi connectivity index (χ1v) is 6.71. The van der Waals surface area contributed by atoms with Crippen molar-refractivity contribution in [1.29, 1.82) is 0 Å². The predicted molar refractivity (Wildman–Crippen MR) is 73.1 cm³/mol. The van der Waals surface area contributed by atoms with Crippen LogP contribution in [0, 0.1) is 5.92 Å². The maximum Gasteiger partial charge on any atom is 0.229 e. The highest BCUT2D eigenvalue weighted by Gasteiger charge is 2.24. The lowest BCUT2D eigenvalue weighted by Gasteiger charge is -2.27. The van der Waals surface area contributed by atoms with Gasteiger partial charge < -0.3 is 10.2 Å². The molecule has 0 radical (unpaired) electrons. The van der Waals surface area contributed by atoms with Gasteiger partial charge in [0.05, 0.1) is 0 Å². The molecule has 1 fully saturated rings. The number of piperidine rings is 1. The molecule has 0 spiro atoms. The Hall–Kier alpha value is -0.870. The Kier molecular flexibility index (Phi) is 4.18. The number of carbonyl (C=O) groups excluding carboxylic acids is 1. The molecule has 3 nitrogen and oxygen atoms in total. The molecule has 92 valence electrons. The van der Waals surface area contributed by atoms with Crippen molar-refractivity contribution in [3.8, 4) is 0 Å². The Morgan fingerprint density at radius 1 is 1.29 bits per heavy atom. The van der Waals surface area contributed by atoms with Crippen molar-refractivity contribution in [2.45, 2.75) is 12.8 Å². The van der Waals surface area contributed by atoms with Gasteiger partial charge in [0.25, 0.3) is 0 Å². The van der Waals surface area contributed by atoms with E-state index in [0.717, 1.165) is 36.1 Å². The van der Waals surface area contributed by atoms with E-state index in [4.69, 9.17) is 0 Å². The third kappa shape index (κ3) is 3.07. The summed E-state index contributed by atoms with van der Waals surface area (Å²) in [5, 5.41) is 3.28. The molecule has 1 aromatic carbocycles. The van der Waals surface area contributed by atoms with E-state index in [-0.39, 0.29) is 11.8 Å². The van der Waals surface area contributed by atoms with Crippen molar-refractivity contribution in [1.82, 2.24) is 5.32 Å². The second-order valence-electron chi connectivity index (χ2n) is 4.40. The standard InChI is InChI=1S/C13H17BrN2O/c1-16(12-4-2-11(14)3-5-12)13(17)10-6-8-15-9-7-10/h2-5,10,15H,6-9H2,1H3. The topological polar surface area (TPSA) is 32.3 Å².